The van der Waals surface area contributed by atoms with E-state index in [1.54, 1.807) is 0 Å². The van der Waals surface area contributed by atoms with Gasteiger partial charge in [-0.2, -0.15) is 0 Å². The summed E-state index contributed by atoms with van der Waals surface area (Å²) in [6, 6.07) is 0. The molecule has 0 fully saturated rings. The fourth-order valence-electron chi connectivity index (χ4n) is 0.777. The summed E-state index contributed by atoms with van der Waals surface area (Å²) in [4.78, 5) is 3.50. The van der Waals surface area contributed by atoms with Gasteiger partial charge >= 0.3 is 0 Å². The van der Waals surface area contributed by atoms with Gasteiger partial charge in [-0.1, -0.05) is 0 Å². The molecule has 0 saturated heterocycles. The second kappa shape index (κ2) is 4.23. The zero-order valence-corrected chi connectivity index (χ0v) is 8.43. The van der Waals surface area contributed by atoms with E-state index in [1.807, 2.05) is 0 Å². The van der Waals surface area contributed by atoms with Gasteiger partial charge in [-0.25, -0.2) is 13.2 Å². The number of hydrogen-bond donors (Lipinski definition) is 1. The van der Waals surface area contributed by atoms with Crippen LogP contribution in [-0.4, -0.2) is 10.1 Å². The number of nitrogens with zero attached hydrogens (tertiary/aromatic N) is 1. The van der Waals surface area contributed by atoms with Gasteiger partial charge in [0.1, 0.15) is 5.82 Å². The Morgan fingerprint density at radius 1 is 1.54 bits per heavy atom. The van der Waals surface area contributed by atoms with Crippen LogP contribution in [0.2, 0.25) is 0 Å². The summed E-state index contributed by atoms with van der Waals surface area (Å²) >= 11 is 1.53. The second-order valence-corrected chi connectivity index (χ2v) is 3.33. The van der Waals surface area contributed by atoms with Crippen molar-refractivity contribution in [3.8, 4) is 0 Å². The molecule has 0 spiro atoms. The van der Waals surface area contributed by atoms with Crippen molar-refractivity contribution in [1.82, 2.24) is 4.98 Å². The third kappa shape index (κ3) is 2.11. The zero-order chi connectivity index (χ0) is 10.0. The van der Waals surface area contributed by atoms with Crippen molar-refractivity contribution in [3.63, 3.8) is 0 Å². The van der Waals surface area contributed by atoms with Crippen LogP contribution in [0.3, 0.4) is 0 Å². The predicted octanol–water partition coefficient (Wildman–Crippen LogP) is 2.26. The quantitative estimate of drug-likeness (QED) is 0.850. The highest BCUT2D eigenvalue weighted by Crippen LogP contribution is 2.25. The molecule has 0 aromatic carbocycles. The molecular weight excluding hydrogens is 298 g/mol. The first kappa shape index (κ1) is 10.7. The van der Waals surface area contributed by atoms with E-state index in [9.17, 15) is 13.2 Å². The molecule has 0 bridgehead atoms. The molecule has 0 aliphatic carbocycles. The Balaban J connectivity index is 3.23. The second-order valence-electron chi connectivity index (χ2n) is 2.25. The minimum absolute atomic E-state index is 0.0575. The fraction of sp³-hybridized carbons (Fsp3) is 0.286. The molecule has 0 atom stereocenters. The van der Waals surface area contributed by atoms with Crippen molar-refractivity contribution in [2.24, 2.45) is 0 Å². The number of aliphatic hydroxyl groups excluding tert-OH is 1. The van der Waals surface area contributed by atoms with Gasteiger partial charge in [-0.15, -0.1) is 0 Å². The number of aliphatic hydroxyl groups is 1. The lowest BCUT2D eigenvalue weighted by atomic mass is 10.2. The van der Waals surface area contributed by atoms with Gasteiger partial charge in [0.2, 0.25) is 0 Å². The Hall–Kier alpha value is -0.370. The van der Waals surface area contributed by atoms with E-state index in [0.717, 1.165) is 6.20 Å². The summed E-state index contributed by atoms with van der Waals surface area (Å²) in [5.74, 6) is -1.00. The predicted molar refractivity (Wildman–Crippen MR) is 47.8 cm³/mol. The number of rotatable bonds is 2. The Morgan fingerprint density at radius 3 is 2.62 bits per heavy atom. The molecule has 1 aromatic rings. The number of pyridine rings is 1. The van der Waals surface area contributed by atoms with E-state index >= 15 is 0 Å². The number of hydrogen-bond acceptors (Lipinski definition) is 2. The van der Waals surface area contributed by atoms with Crippen LogP contribution in [0.5, 0.6) is 0 Å². The van der Waals surface area contributed by atoms with E-state index in [-0.39, 0.29) is 9.26 Å². The molecule has 1 N–H and O–H groups in total. The van der Waals surface area contributed by atoms with Crippen molar-refractivity contribution in [2.45, 2.75) is 13.0 Å². The van der Waals surface area contributed by atoms with Crippen LogP contribution in [-0.2, 0) is 6.61 Å². The van der Waals surface area contributed by atoms with Gasteiger partial charge in [0.15, 0.2) is 0 Å². The van der Waals surface area contributed by atoms with Crippen LogP contribution >= 0.6 is 22.6 Å². The highest BCUT2D eigenvalue weighted by molar-refractivity contribution is 14.1. The van der Waals surface area contributed by atoms with Crippen LogP contribution in [0.4, 0.5) is 13.2 Å². The molecule has 1 aromatic heterocycles. The fourth-order valence-corrected chi connectivity index (χ4v) is 1.40. The third-order valence-corrected chi connectivity index (χ3v) is 2.54. The third-order valence-electron chi connectivity index (χ3n) is 1.44. The number of halogens is 4. The van der Waals surface area contributed by atoms with E-state index in [4.69, 9.17) is 5.11 Å². The molecule has 1 heterocycles. The SMILES string of the molecule is OCc1ncc(C(F)F)c(F)c1I. The monoisotopic (exact) mass is 303 g/mol. The standard InChI is InChI=1S/C7H5F3INO/c8-5-3(7(9)10)1-12-4(2-13)6(5)11/h1,7,13H,2H2. The maximum absolute atomic E-state index is 13.1. The smallest absolute Gasteiger partial charge is 0.268 e. The summed E-state index contributed by atoms with van der Waals surface area (Å²) in [5.41, 5.74) is -0.663. The summed E-state index contributed by atoms with van der Waals surface area (Å²) in [7, 11) is 0. The van der Waals surface area contributed by atoms with Crippen LogP contribution < -0.4 is 0 Å². The minimum Gasteiger partial charge on any atom is -0.390 e. The molecule has 0 amide bonds. The lowest BCUT2D eigenvalue weighted by molar-refractivity contribution is 0.145. The number of alkyl halides is 2. The highest BCUT2D eigenvalue weighted by Gasteiger charge is 2.18. The first-order chi connectivity index (χ1) is 6.07. The summed E-state index contributed by atoms with van der Waals surface area (Å²) in [5, 5.41) is 8.65. The largest absolute Gasteiger partial charge is 0.390 e. The molecule has 72 valence electrons. The van der Waals surface area contributed by atoms with Crippen LogP contribution in [0.15, 0.2) is 6.20 Å². The van der Waals surface area contributed by atoms with E-state index in [1.165, 1.54) is 22.6 Å². The van der Waals surface area contributed by atoms with Gasteiger partial charge < -0.3 is 5.11 Å². The highest BCUT2D eigenvalue weighted by atomic mass is 127. The molecule has 2 nitrogen and oxygen atoms in total. The lowest BCUT2D eigenvalue weighted by Gasteiger charge is -2.05. The normalized spacial score (nSPS) is 10.9. The first-order valence-electron chi connectivity index (χ1n) is 3.29. The first-order valence-corrected chi connectivity index (χ1v) is 4.37. The van der Waals surface area contributed by atoms with Gasteiger partial charge in [0.25, 0.3) is 6.43 Å². The van der Waals surface area contributed by atoms with Crippen molar-refractivity contribution < 1.29 is 18.3 Å². The van der Waals surface area contributed by atoms with Gasteiger partial charge in [-0.05, 0) is 22.6 Å². The van der Waals surface area contributed by atoms with Gasteiger partial charge in [-0.3, -0.25) is 4.98 Å². The molecule has 0 unspecified atom stereocenters. The van der Waals surface area contributed by atoms with Crippen LogP contribution in [0.25, 0.3) is 0 Å². The van der Waals surface area contributed by atoms with E-state index in [2.05, 4.69) is 4.98 Å². The average Bonchev–Trinajstić information content (AvgIpc) is 2.09. The topological polar surface area (TPSA) is 33.1 Å². The maximum atomic E-state index is 13.1. The van der Waals surface area contributed by atoms with E-state index in [0.29, 0.717) is 0 Å². The molecular formula is C7H5F3INO. The van der Waals surface area contributed by atoms with Crippen LogP contribution in [0.1, 0.15) is 17.7 Å². The Kier molecular flexibility index (Phi) is 3.48. The molecule has 0 aliphatic heterocycles. The van der Waals surface area contributed by atoms with Crippen molar-refractivity contribution >= 4 is 22.6 Å². The maximum Gasteiger partial charge on any atom is 0.268 e. The van der Waals surface area contributed by atoms with Crippen LogP contribution in [0, 0.1) is 9.39 Å². The Bertz CT molecular complexity index is 319. The Morgan fingerprint density at radius 2 is 2.15 bits per heavy atom. The molecule has 1 rings (SSSR count). The molecule has 6 heteroatoms. The molecule has 0 saturated carbocycles. The Labute approximate surface area is 85.9 Å². The van der Waals surface area contributed by atoms with Crippen molar-refractivity contribution in [3.05, 3.63) is 26.8 Å². The van der Waals surface area contributed by atoms with Gasteiger partial charge in [0.05, 0.1) is 21.4 Å². The molecule has 0 aliphatic rings. The molecule has 13 heavy (non-hydrogen) atoms. The number of aromatic nitrogens is 1. The summed E-state index contributed by atoms with van der Waals surface area (Å²) < 4.78 is 37.2. The zero-order valence-electron chi connectivity index (χ0n) is 6.27. The van der Waals surface area contributed by atoms with Crippen molar-refractivity contribution in [2.75, 3.05) is 0 Å². The summed E-state index contributed by atoms with van der Waals surface area (Å²) in [6.07, 6.45) is -2.14. The average molecular weight is 303 g/mol. The van der Waals surface area contributed by atoms with Gasteiger partial charge in [0, 0.05) is 6.20 Å². The summed E-state index contributed by atoms with van der Waals surface area (Å²) in [6.45, 7) is -0.460. The van der Waals surface area contributed by atoms with Crippen molar-refractivity contribution in [1.29, 1.82) is 0 Å². The molecule has 0 radical (unpaired) electrons. The van der Waals surface area contributed by atoms with E-state index < -0.39 is 24.4 Å². The minimum atomic E-state index is -2.88. The lowest BCUT2D eigenvalue weighted by Crippen LogP contribution is -2.02.